The van der Waals surface area contributed by atoms with Crippen molar-refractivity contribution in [1.29, 1.82) is 0 Å². The summed E-state index contributed by atoms with van der Waals surface area (Å²) >= 11 is 0. The molecule has 1 aliphatic rings. The number of likely N-dealkylation sites (tertiary alicyclic amines) is 1. The Morgan fingerprint density at radius 1 is 1.29 bits per heavy atom. The second-order valence-corrected chi connectivity index (χ2v) is 5.96. The number of nitrogens with zero attached hydrogens (tertiary/aromatic N) is 3. The molecular formula is C17H30Cl2N4O. The number of aromatic nitrogens is 1. The van der Waals surface area contributed by atoms with Gasteiger partial charge in [0.2, 0.25) is 0 Å². The van der Waals surface area contributed by atoms with Crippen LogP contribution in [0.2, 0.25) is 0 Å². The highest BCUT2D eigenvalue weighted by Crippen LogP contribution is 2.20. The van der Waals surface area contributed by atoms with E-state index in [1.165, 1.54) is 0 Å². The maximum atomic E-state index is 12.6. The number of halogens is 2. The van der Waals surface area contributed by atoms with Crippen LogP contribution in [0.15, 0.2) is 18.3 Å². The number of piperidine rings is 1. The number of hydrogen-bond donors (Lipinski definition) is 1. The van der Waals surface area contributed by atoms with Crippen LogP contribution < -0.4 is 5.73 Å². The first-order valence-electron chi connectivity index (χ1n) is 8.34. The average molecular weight is 377 g/mol. The lowest BCUT2D eigenvalue weighted by Crippen LogP contribution is -2.41. The van der Waals surface area contributed by atoms with Crippen LogP contribution >= 0.6 is 24.8 Å². The Labute approximate surface area is 157 Å². The molecule has 7 heteroatoms. The van der Waals surface area contributed by atoms with Gasteiger partial charge in [-0.1, -0.05) is 13.8 Å². The van der Waals surface area contributed by atoms with E-state index >= 15 is 0 Å². The molecule has 5 nitrogen and oxygen atoms in total. The normalized spacial score (nSPS) is 14.9. The molecule has 1 aromatic heterocycles. The number of carbonyl (C=O) groups is 1. The Hall–Kier alpha value is -0.880. The average Bonchev–Trinajstić information content (AvgIpc) is 2.59. The van der Waals surface area contributed by atoms with Crippen molar-refractivity contribution in [2.45, 2.75) is 33.2 Å². The van der Waals surface area contributed by atoms with Crippen LogP contribution in [0.1, 0.15) is 42.7 Å². The largest absolute Gasteiger partial charge is 0.339 e. The van der Waals surface area contributed by atoms with Gasteiger partial charge in [-0.2, -0.15) is 0 Å². The smallest absolute Gasteiger partial charge is 0.253 e. The minimum atomic E-state index is 0. The molecule has 138 valence electrons. The molecule has 1 amide bonds. The topological polar surface area (TPSA) is 62.5 Å². The Bertz CT molecular complexity index is 489. The van der Waals surface area contributed by atoms with E-state index in [1.807, 2.05) is 11.0 Å². The van der Waals surface area contributed by atoms with Gasteiger partial charge < -0.3 is 15.5 Å². The van der Waals surface area contributed by atoms with Crippen molar-refractivity contribution in [1.82, 2.24) is 14.8 Å². The van der Waals surface area contributed by atoms with Crippen molar-refractivity contribution in [3.63, 3.8) is 0 Å². The number of nitrogens with two attached hydrogens (primary N) is 1. The first-order chi connectivity index (χ1) is 10.7. The van der Waals surface area contributed by atoms with Crippen LogP contribution in [0.25, 0.3) is 0 Å². The van der Waals surface area contributed by atoms with Gasteiger partial charge in [-0.05, 0) is 44.0 Å². The van der Waals surface area contributed by atoms with Crippen LogP contribution in [0, 0.1) is 5.92 Å². The third-order valence-electron chi connectivity index (χ3n) is 4.59. The van der Waals surface area contributed by atoms with Gasteiger partial charge >= 0.3 is 0 Å². The molecule has 0 aromatic carbocycles. The van der Waals surface area contributed by atoms with Crippen LogP contribution in [0.4, 0.5) is 0 Å². The summed E-state index contributed by atoms with van der Waals surface area (Å²) in [5.41, 5.74) is 7.07. The van der Waals surface area contributed by atoms with E-state index < -0.39 is 0 Å². The number of hydrogen-bond acceptors (Lipinski definition) is 4. The summed E-state index contributed by atoms with van der Waals surface area (Å²) in [6.45, 7) is 9.86. The molecule has 0 unspecified atom stereocenters. The van der Waals surface area contributed by atoms with Crippen LogP contribution in [-0.2, 0) is 6.54 Å². The number of pyridine rings is 1. The summed E-state index contributed by atoms with van der Waals surface area (Å²) in [5.74, 6) is 0.819. The fourth-order valence-corrected chi connectivity index (χ4v) is 3.07. The molecular weight excluding hydrogens is 347 g/mol. The zero-order valence-corrected chi connectivity index (χ0v) is 16.2. The summed E-state index contributed by atoms with van der Waals surface area (Å²) < 4.78 is 0. The second kappa shape index (κ2) is 11.6. The molecule has 0 saturated carbocycles. The fourth-order valence-electron chi connectivity index (χ4n) is 3.07. The Kier molecular flexibility index (Phi) is 11.2. The lowest BCUT2D eigenvalue weighted by molar-refractivity contribution is 0.0669. The maximum absolute atomic E-state index is 12.6. The third-order valence-corrected chi connectivity index (χ3v) is 4.59. The van der Waals surface area contributed by atoms with E-state index in [0.29, 0.717) is 18.0 Å². The molecule has 2 heterocycles. The first kappa shape index (κ1) is 23.1. The fraction of sp³-hybridized carbons (Fsp3) is 0.647. The lowest BCUT2D eigenvalue weighted by Gasteiger charge is -2.34. The molecule has 0 atom stereocenters. The molecule has 1 aliphatic heterocycles. The van der Waals surface area contributed by atoms with E-state index in [2.05, 4.69) is 23.7 Å². The maximum Gasteiger partial charge on any atom is 0.253 e. The molecule has 0 aliphatic carbocycles. The predicted octanol–water partition coefficient (Wildman–Crippen LogP) is 2.58. The monoisotopic (exact) mass is 376 g/mol. The predicted molar refractivity (Wildman–Crippen MR) is 103 cm³/mol. The second-order valence-electron chi connectivity index (χ2n) is 5.96. The van der Waals surface area contributed by atoms with Crippen LogP contribution in [0.3, 0.4) is 0 Å². The van der Waals surface area contributed by atoms with Crippen molar-refractivity contribution >= 4 is 30.7 Å². The highest BCUT2D eigenvalue weighted by molar-refractivity contribution is 5.94. The molecule has 2 N–H and O–H groups in total. The SMILES string of the molecule is CCN(CC)CC1CCN(C(=O)c2ccnc(CN)c2)CC1.Cl.Cl. The molecule has 1 saturated heterocycles. The zero-order valence-electron chi connectivity index (χ0n) is 14.6. The van der Waals surface area contributed by atoms with E-state index in [4.69, 9.17) is 5.73 Å². The summed E-state index contributed by atoms with van der Waals surface area (Å²) in [4.78, 5) is 21.1. The third kappa shape index (κ3) is 6.20. The Balaban J connectivity index is 0.00000264. The molecule has 2 rings (SSSR count). The van der Waals surface area contributed by atoms with Gasteiger partial charge in [0.15, 0.2) is 0 Å². The Morgan fingerprint density at radius 3 is 2.46 bits per heavy atom. The van der Waals surface area contributed by atoms with E-state index in [0.717, 1.165) is 51.3 Å². The van der Waals surface area contributed by atoms with E-state index in [-0.39, 0.29) is 30.7 Å². The van der Waals surface area contributed by atoms with Crippen molar-refractivity contribution in [3.05, 3.63) is 29.6 Å². The zero-order chi connectivity index (χ0) is 15.9. The molecule has 0 bridgehead atoms. The van der Waals surface area contributed by atoms with Gasteiger partial charge in [0.1, 0.15) is 0 Å². The summed E-state index contributed by atoms with van der Waals surface area (Å²) in [7, 11) is 0. The molecule has 1 aromatic rings. The van der Waals surface area contributed by atoms with Gasteiger partial charge in [-0.25, -0.2) is 0 Å². The number of rotatable bonds is 6. The van der Waals surface area contributed by atoms with E-state index in [1.54, 1.807) is 12.3 Å². The minimum Gasteiger partial charge on any atom is -0.339 e. The van der Waals surface area contributed by atoms with Crippen LogP contribution in [-0.4, -0.2) is 53.4 Å². The molecule has 1 fully saturated rings. The van der Waals surface area contributed by atoms with Gasteiger partial charge in [-0.3, -0.25) is 9.78 Å². The quantitative estimate of drug-likeness (QED) is 0.828. The number of amides is 1. The van der Waals surface area contributed by atoms with Crippen molar-refractivity contribution < 1.29 is 4.79 Å². The van der Waals surface area contributed by atoms with Crippen molar-refractivity contribution in [3.8, 4) is 0 Å². The summed E-state index contributed by atoms with van der Waals surface area (Å²) in [6, 6.07) is 3.59. The highest BCUT2D eigenvalue weighted by atomic mass is 35.5. The first-order valence-corrected chi connectivity index (χ1v) is 8.34. The molecule has 0 spiro atoms. The molecule has 24 heavy (non-hydrogen) atoms. The lowest BCUT2D eigenvalue weighted by atomic mass is 9.95. The number of carbonyl (C=O) groups excluding carboxylic acids is 1. The standard InChI is InChI=1S/C17H28N4O.2ClH/c1-3-20(4-2)13-14-6-9-21(10-7-14)17(22)15-5-8-19-16(11-15)12-18;;/h5,8,11,14H,3-4,6-7,9-10,12-13,18H2,1-2H3;2*1H. The Morgan fingerprint density at radius 2 is 1.92 bits per heavy atom. The van der Waals surface area contributed by atoms with Crippen LogP contribution in [0.5, 0.6) is 0 Å². The summed E-state index contributed by atoms with van der Waals surface area (Å²) in [5, 5.41) is 0. The van der Waals surface area contributed by atoms with E-state index in [9.17, 15) is 4.79 Å². The molecule has 0 radical (unpaired) electrons. The van der Waals surface area contributed by atoms with Gasteiger partial charge in [-0.15, -0.1) is 24.8 Å². The van der Waals surface area contributed by atoms with Gasteiger partial charge in [0.25, 0.3) is 5.91 Å². The van der Waals surface area contributed by atoms with Gasteiger partial charge in [0, 0.05) is 37.9 Å². The minimum absolute atomic E-state index is 0. The van der Waals surface area contributed by atoms with Crippen molar-refractivity contribution in [2.24, 2.45) is 11.7 Å². The van der Waals surface area contributed by atoms with Gasteiger partial charge in [0.05, 0.1) is 5.69 Å². The summed E-state index contributed by atoms with van der Waals surface area (Å²) in [6.07, 6.45) is 3.86. The van der Waals surface area contributed by atoms with Crippen molar-refractivity contribution in [2.75, 3.05) is 32.7 Å². The highest BCUT2D eigenvalue weighted by Gasteiger charge is 2.24.